The third-order valence-corrected chi connectivity index (χ3v) is 8.14. The Morgan fingerprint density at radius 1 is 1.09 bits per heavy atom. The summed E-state index contributed by atoms with van der Waals surface area (Å²) >= 11 is 5.82. The van der Waals surface area contributed by atoms with Gasteiger partial charge in [0.25, 0.3) is 0 Å². The number of ether oxygens (including phenoxy) is 1. The molecule has 0 amide bonds. The molecule has 5 aromatic rings. The van der Waals surface area contributed by atoms with Crippen molar-refractivity contribution in [1.29, 1.82) is 0 Å². The largest absolute Gasteiger partial charge is 0.472 e. The summed E-state index contributed by atoms with van der Waals surface area (Å²) in [5.41, 5.74) is 2.02. The number of piperidine rings is 1. The molecule has 0 unspecified atom stereocenters. The van der Waals surface area contributed by atoms with Crippen LogP contribution in [-0.2, 0) is 31.1 Å². The number of nitrogens with zero attached hydrogens (tertiary/aromatic N) is 7. The average Bonchev–Trinajstić information content (AvgIpc) is 3.75. The number of imidazole rings is 2. The molecular formula is C30H29ClF4N8O3. The maximum Gasteiger partial charge on any atom is 0.406 e. The molecule has 2 N–H and O–H groups in total. The van der Waals surface area contributed by atoms with Crippen LogP contribution < -0.4 is 10.6 Å². The van der Waals surface area contributed by atoms with Crippen molar-refractivity contribution in [3.8, 4) is 5.88 Å². The standard InChI is InChI=1S/C30H29ClF4N8O3/c31-21-3-1-20(24(32)12-21)16-45-28-7-10-43(39-28)22-5-8-40(9-6-22)15-27-38-25-4-2-19(29(44)46-36)11-26(25)42(27)14-23-13-37-18-41(23)17-30(33,34)35/h1-4,7,10-13,18,22H,5-6,8-9,14-17,36H2. The van der Waals surface area contributed by atoms with Crippen LogP contribution >= 0.6 is 11.6 Å². The zero-order valence-corrected chi connectivity index (χ0v) is 25.1. The van der Waals surface area contributed by atoms with Gasteiger partial charge in [0.15, 0.2) is 0 Å². The molecule has 0 spiro atoms. The Balaban J connectivity index is 1.15. The summed E-state index contributed by atoms with van der Waals surface area (Å²) in [6, 6.07) is 11.0. The third-order valence-electron chi connectivity index (χ3n) is 7.91. The second-order valence-electron chi connectivity index (χ2n) is 11.0. The summed E-state index contributed by atoms with van der Waals surface area (Å²) in [6.07, 6.45) is 1.50. The summed E-state index contributed by atoms with van der Waals surface area (Å²) < 4.78 is 64.1. The Morgan fingerprint density at radius 2 is 1.89 bits per heavy atom. The van der Waals surface area contributed by atoms with Crippen LogP contribution in [0.2, 0.25) is 5.02 Å². The van der Waals surface area contributed by atoms with E-state index < -0.39 is 24.5 Å². The van der Waals surface area contributed by atoms with E-state index >= 15 is 0 Å². The predicted molar refractivity (Wildman–Crippen MR) is 158 cm³/mol. The van der Waals surface area contributed by atoms with Crippen LogP contribution in [0.25, 0.3) is 11.0 Å². The molecule has 0 aliphatic carbocycles. The maximum absolute atomic E-state index is 14.1. The van der Waals surface area contributed by atoms with Crippen LogP contribution in [0.3, 0.4) is 0 Å². The van der Waals surface area contributed by atoms with E-state index in [9.17, 15) is 22.4 Å². The van der Waals surface area contributed by atoms with Crippen LogP contribution in [0, 0.1) is 5.82 Å². The summed E-state index contributed by atoms with van der Waals surface area (Å²) in [7, 11) is 0. The number of aromatic nitrogens is 6. The first-order chi connectivity index (χ1) is 22.1. The highest BCUT2D eigenvalue weighted by molar-refractivity contribution is 6.30. The Kier molecular flexibility index (Phi) is 8.97. The maximum atomic E-state index is 14.1. The Morgan fingerprint density at radius 3 is 2.63 bits per heavy atom. The molecule has 0 radical (unpaired) electrons. The average molecular weight is 661 g/mol. The first-order valence-corrected chi connectivity index (χ1v) is 14.7. The van der Waals surface area contributed by atoms with E-state index in [1.54, 1.807) is 34.9 Å². The van der Waals surface area contributed by atoms with E-state index in [0.29, 0.717) is 58.7 Å². The highest BCUT2D eigenvalue weighted by Gasteiger charge is 2.29. The minimum atomic E-state index is -4.42. The number of hydrogen-bond donors (Lipinski definition) is 1. The fraction of sp³-hybridized carbons (Fsp3) is 0.333. The van der Waals surface area contributed by atoms with Gasteiger partial charge in [-0.15, -0.1) is 5.10 Å². The number of halogens is 5. The van der Waals surface area contributed by atoms with E-state index in [1.807, 2.05) is 10.9 Å². The number of hydrogen-bond acceptors (Lipinski definition) is 8. The lowest BCUT2D eigenvalue weighted by molar-refractivity contribution is -0.141. The molecule has 1 saturated heterocycles. The van der Waals surface area contributed by atoms with Gasteiger partial charge in [-0.25, -0.2) is 19.2 Å². The fourth-order valence-corrected chi connectivity index (χ4v) is 5.73. The minimum Gasteiger partial charge on any atom is -0.472 e. The lowest BCUT2D eigenvalue weighted by atomic mass is 10.1. The molecule has 6 rings (SSSR count). The number of carbonyl (C=O) groups excluding carboxylic acids is 1. The molecule has 46 heavy (non-hydrogen) atoms. The summed E-state index contributed by atoms with van der Waals surface area (Å²) in [5.74, 6) is 4.89. The van der Waals surface area contributed by atoms with Gasteiger partial charge in [-0.2, -0.15) is 19.1 Å². The van der Waals surface area contributed by atoms with Crippen molar-refractivity contribution in [3.05, 3.63) is 94.7 Å². The molecule has 1 fully saturated rings. The minimum absolute atomic E-state index is 0.0192. The molecule has 1 aliphatic heterocycles. The summed E-state index contributed by atoms with van der Waals surface area (Å²) in [6.45, 7) is 0.723. The SMILES string of the molecule is NOC(=O)c1ccc2nc(CN3CCC(n4ccc(OCc5ccc(Cl)cc5F)n4)CC3)n(Cc3cncn3CC(F)(F)F)c2c1. The van der Waals surface area contributed by atoms with Gasteiger partial charge >= 0.3 is 12.1 Å². The van der Waals surface area contributed by atoms with Gasteiger partial charge < -0.3 is 18.7 Å². The highest BCUT2D eigenvalue weighted by Crippen LogP contribution is 2.27. The Hall–Kier alpha value is -4.47. The molecule has 4 heterocycles. The zero-order chi connectivity index (χ0) is 32.4. The van der Waals surface area contributed by atoms with E-state index in [-0.39, 0.29) is 24.8 Å². The van der Waals surface area contributed by atoms with Gasteiger partial charge in [0.1, 0.15) is 24.8 Å². The first kappa shape index (κ1) is 31.5. The molecular weight excluding hydrogens is 632 g/mol. The molecule has 0 saturated carbocycles. The van der Waals surface area contributed by atoms with Gasteiger partial charge in [-0.1, -0.05) is 17.7 Å². The molecule has 3 aromatic heterocycles. The smallest absolute Gasteiger partial charge is 0.406 e. The van der Waals surface area contributed by atoms with Gasteiger partial charge in [-0.3, -0.25) is 9.58 Å². The number of carbonyl (C=O) groups is 1. The van der Waals surface area contributed by atoms with Gasteiger partial charge in [-0.05, 0) is 43.2 Å². The number of fused-ring (bicyclic) bond motifs is 1. The van der Waals surface area contributed by atoms with Crippen molar-refractivity contribution in [2.45, 2.75) is 51.3 Å². The summed E-state index contributed by atoms with van der Waals surface area (Å²) in [4.78, 5) is 27.4. The first-order valence-electron chi connectivity index (χ1n) is 14.4. The second kappa shape index (κ2) is 13.1. The topological polar surface area (TPSA) is 118 Å². The number of benzene rings is 2. The van der Waals surface area contributed by atoms with E-state index in [4.69, 9.17) is 27.2 Å². The fourth-order valence-electron chi connectivity index (χ4n) is 5.58. The Labute approximate surface area is 265 Å². The van der Waals surface area contributed by atoms with Crippen molar-refractivity contribution >= 4 is 28.6 Å². The van der Waals surface area contributed by atoms with Crippen molar-refractivity contribution in [2.75, 3.05) is 13.1 Å². The number of likely N-dealkylation sites (tertiary alicyclic amines) is 1. The quantitative estimate of drug-likeness (QED) is 0.159. The Bertz CT molecular complexity index is 1850. The van der Waals surface area contributed by atoms with Crippen LogP contribution in [0.1, 0.15) is 46.3 Å². The third kappa shape index (κ3) is 7.16. The second-order valence-corrected chi connectivity index (χ2v) is 11.5. The van der Waals surface area contributed by atoms with Gasteiger partial charge in [0.2, 0.25) is 5.88 Å². The van der Waals surface area contributed by atoms with Crippen molar-refractivity contribution in [2.24, 2.45) is 5.90 Å². The molecule has 0 bridgehead atoms. The van der Waals surface area contributed by atoms with Crippen molar-refractivity contribution < 1.29 is 31.9 Å². The van der Waals surface area contributed by atoms with Crippen LogP contribution in [0.5, 0.6) is 5.88 Å². The molecule has 16 heteroatoms. The van der Waals surface area contributed by atoms with Crippen molar-refractivity contribution in [3.63, 3.8) is 0 Å². The normalized spacial score (nSPS) is 14.7. The van der Waals surface area contributed by atoms with Crippen molar-refractivity contribution in [1.82, 2.24) is 33.8 Å². The highest BCUT2D eigenvalue weighted by atomic mass is 35.5. The number of alkyl halides is 3. The predicted octanol–water partition coefficient (Wildman–Crippen LogP) is 5.28. The van der Waals surface area contributed by atoms with Gasteiger partial charge in [0.05, 0.1) is 47.7 Å². The van der Waals surface area contributed by atoms with E-state index in [0.717, 1.165) is 23.7 Å². The molecule has 2 aromatic carbocycles. The number of rotatable bonds is 10. The zero-order valence-electron chi connectivity index (χ0n) is 24.3. The monoisotopic (exact) mass is 660 g/mol. The molecule has 0 atom stereocenters. The lowest BCUT2D eigenvalue weighted by Crippen LogP contribution is -2.35. The van der Waals surface area contributed by atoms with Crippen LogP contribution in [-0.4, -0.2) is 59.0 Å². The van der Waals surface area contributed by atoms with E-state index in [2.05, 4.69) is 19.8 Å². The van der Waals surface area contributed by atoms with Crippen LogP contribution in [0.4, 0.5) is 17.6 Å². The molecule has 11 nitrogen and oxygen atoms in total. The number of nitrogens with two attached hydrogens (primary N) is 1. The molecule has 242 valence electrons. The van der Waals surface area contributed by atoms with E-state index in [1.165, 1.54) is 18.3 Å². The lowest BCUT2D eigenvalue weighted by Gasteiger charge is -2.31. The van der Waals surface area contributed by atoms with Gasteiger partial charge in [0, 0.05) is 42.1 Å². The molecule has 1 aliphatic rings. The van der Waals surface area contributed by atoms with Crippen LogP contribution in [0.15, 0.2) is 61.2 Å². The summed E-state index contributed by atoms with van der Waals surface area (Å²) in [5, 5.41) is 4.84.